The largest absolute Gasteiger partial charge is 0.455 e. The van der Waals surface area contributed by atoms with Crippen LogP contribution in [0.25, 0.3) is 60.6 Å². The molecule has 35 heavy (non-hydrogen) atoms. The Hall–Kier alpha value is -4.30. The van der Waals surface area contributed by atoms with E-state index in [1.807, 2.05) is 6.07 Å². The summed E-state index contributed by atoms with van der Waals surface area (Å²) in [6.45, 7) is 4.68. The van der Waals surface area contributed by atoms with Crippen LogP contribution in [-0.2, 0) is 5.41 Å². The van der Waals surface area contributed by atoms with Gasteiger partial charge in [-0.25, -0.2) is 0 Å². The Kier molecular flexibility index (Phi) is 3.50. The molecule has 0 radical (unpaired) electrons. The molecular weight excluding hydrogens is 426 g/mol. The molecule has 2 heterocycles. The normalized spacial score (nSPS) is 14.2. The van der Waals surface area contributed by atoms with E-state index in [0.717, 1.165) is 11.2 Å². The van der Waals surface area contributed by atoms with E-state index >= 15 is 0 Å². The fourth-order valence-electron chi connectivity index (χ4n) is 6.38. The molecule has 0 saturated carbocycles. The molecule has 0 amide bonds. The Labute approximate surface area is 203 Å². The van der Waals surface area contributed by atoms with E-state index in [1.54, 1.807) is 0 Å². The van der Waals surface area contributed by atoms with Crippen LogP contribution in [0.5, 0.6) is 0 Å². The lowest BCUT2D eigenvalue weighted by Gasteiger charge is -2.21. The predicted octanol–water partition coefficient (Wildman–Crippen LogP) is 8.99. The van der Waals surface area contributed by atoms with Crippen molar-refractivity contribution in [1.82, 2.24) is 4.57 Å². The highest BCUT2D eigenvalue weighted by Crippen LogP contribution is 2.55. The molecule has 0 unspecified atom stereocenters. The average molecular weight is 450 g/mol. The quantitative estimate of drug-likeness (QED) is 0.244. The standard InChI is InChI=1S/C33H23NO/c1-33(2)25-18-16-23-21-12-6-8-14-27(21)34(20-10-4-3-5-11-20)31(23)29(25)30-26(33)19-17-24-22-13-7-9-15-28(22)35-32(24)30/h3-19H,1-2H3. The Morgan fingerprint density at radius 3 is 2.06 bits per heavy atom. The van der Waals surface area contributed by atoms with Crippen LogP contribution in [0.2, 0.25) is 0 Å². The van der Waals surface area contributed by atoms with Gasteiger partial charge >= 0.3 is 0 Å². The van der Waals surface area contributed by atoms with E-state index in [0.29, 0.717) is 0 Å². The maximum absolute atomic E-state index is 6.60. The summed E-state index contributed by atoms with van der Waals surface area (Å²) in [6.07, 6.45) is 0. The third-order valence-corrected chi connectivity index (χ3v) is 7.99. The fraction of sp³-hybridized carbons (Fsp3) is 0.0909. The van der Waals surface area contributed by atoms with Gasteiger partial charge in [-0.15, -0.1) is 0 Å². The van der Waals surface area contributed by atoms with Crippen LogP contribution in [0.3, 0.4) is 0 Å². The number of aromatic nitrogens is 1. The zero-order valence-electron chi connectivity index (χ0n) is 19.7. The van der Waals surface area contributed by atoms with Gasteiger partial charge in [0, 0.05) is 43.8 Å². The molecule has 0 bridgehead atoms. The second kappa shape index (κ2) is 6.43. The van der Waals surface area contributed by atoms with Gasteiger partial charge in [-0.1, -0.05) is 92.7 Å². The van der Waals surface area contributed by atoms with Gasteiger partial charge in [0.05, 0.1) is 11.0 Å². The minimum atomic E-state index is -0.121. The average Bonchev–Trinajstić information content (AvgIpc) is 3.51. The summed E-state index contributed by atoms with van der Waals surface area (Å²) in [4.78, 5) is 0. The third kappa shape index (κ3) is 2.29. The molecule has 2 heteroatoms. The summed E-state index contributed by atoms with van der Waals surface area (Å²) in [5.74, 6) is 0. The Balaban J connectivity index is 1.64. The van der Waals surface area contributed by atoms with E-state index in [2.05, 4.69) is 115 Å². The summed E-state index contributed by atoms with van der Waals surface area (Å²) in [5.41, 5.74) is 10.7. The van der Waals surface area contributed by atoms with Crippen LogP contribution in [0, 0.1) is 0 Å². The number of rotatable bonds is 1. The number of fused-ring (bicyclic) bond motifs is 11. The number of benzene rings is 5. The predicted molar refractivity (Wildman–Crippen MR) is 146 cm³/mol. The smallest absolute Gasteiger partial charge is 0.143 e. The van der Waals surface area contributed by atoms with Crippen molar-refractivity contribution >= 4 is 43.7 Å². The first-order chi connectivity index (χ1) is 17.1. The molecule has 0 saturated heterocycles. The first kappa shape index (κ1) is 19.1. The highest BCUT2D eigenvalue weighted by Gasteiger charge is 2.40. The molecule has 8 rings (SSSR count). The van der Waals surface area contributed by atoms with Crippen LogP contribution in [0.15, 0.2) is 108 Å². The minimum Gasteiger partial charge on any atom is -0.455 e. The number of hydrogen-bond donors (Lipinski definition) is 0. The lowest BCUT2D eigenvalue weighted by molar-refractivity contribution is 0.653. The molecule has 1 aliphatic carbocycles. The van der Waals surface area contributed by atoms with Crippen LogP contribution in [0.4, 0.5) is 0 Å². The molecule has 0 aliphatic heterocycles. The monoisotopic (exact) mass is 449 g/mol. The maximum atomic E-state index is 6.60. The topological polar surface area (TPSA) is 18.1 Å². The first-order valence-corrected chi connectivity index (χ1v) is 12.2. The summed E-state index contributed by atoms with van der Waals surface area (Å²) in [7, 11) is 0. The van der Waals surface area contributed by atoms with Gasteiger partial charge in [0.25, 0.3) is 0 Å². The van der Waals surface area contributed by atoms with Gasteiger partial charge in [0.1, 0.15) is 11.2 Å². The molecule has 0 N–H and O–H groups in total. The van der Waals surface area contributed by atoms with Gasteiger partial charge in [0.2, 0.25) is 0 Å². The molecule has 0 spiro atoms. The molecule has 5 aromatic carbocycles. The van der Waals surface area contributed by atoms with Gasteiger partial charge in [-0.2, -0.15) is 0 Å². The van der Waals surface area contributed by atoms with Gasteiger partial charge in [-0.3, -0.25) is 0 Å². The maximum Gasteiger partial charge on any atom is 0.143 e. The van der Waals surface area contributed by atoms with E-state index in [9.17, 15) is 0 Å². The van der Waals surface area contributed by atoms with Gasteiger partial charge < -0.3 is 8.98 Å². The van der Waals surface area contributed by atoms with Crippen molar-refractivity contribution in [3.63, 3.8) is 0 Å². The number of hydrogen-bond acceptors (Lipinski definition) is 1. The van der Waals surface area contributed by atoms with Gasteiger partial charge in [-0.05, 0) is 35.4 Å². The lowest BCUT2D eigenvalue weighted by Crippen LogP contribution is -2.14. The molecule has 166 valence electrons. The van der Waals surface area contributed by atoms with Crippen molar-refractivity contribution in [3.05, 3.63) is 114 Å². The third-order valence-electron chi connectivity index (χ3n) is 7.99. The van der Waals surface area contributed by atoms with Crippen molar-refractivity contribution in [2.24, 2.45) is 0 Å². The summed E-state index contributed by atoms with van der Waals surface area (Å²) >= 11 is 0. The Morgan fingerprint density at radius 2 is 1.23 bits per heavy atom. The molecule has 2 aromatic heterocycles. The van der Waals surface area contributed by atoms with Crippen molar-refractivity contribution in [2.45, 2.75) is 19.3 Å². The second-order valence-electron chi connectivity index (χ2n) is 10.2. The van der Waals surface area contributed by atoms with Crippen molar-refractivity contribution in [3.8, 4) is 16.8 Å². The van der Waals surface area contributed by atoms with Crippen molar-refractivity contribution in [1.29, 1.82) is 0 Å². The molecule has 1 aliphatic rings. The van der Waals surface area contributed by atoms with Crippen LogP contribution in [-0.4, -0.2) is 4.57 Å². The molecule has 0 fully saturated rings. The zero-order chi connectivity index (χ0) is 23.3. The first-order valence-electron chi connectivity index (χ1n) is 12.2. The summed E-state index contributed by atoms with van der Waals surface area (Å²) in [6, 6.07) is 37.1. The van der Waals surface area contributed by atoms with Crippen LogP contribution in [0.1, 0.15) is 25.0 Å². The van der Waals surface area contributed by atoms with Crippen molar-refractivity contribution < 1.29 is 4.42 Å². The molecule has 2 nitrogen and oxygen atoms in total. The van der Waals surface area contributed by atoms with E-state index in [-0.39, 0.29) is 5.41 Å². The van der Waals surface area contributed by atoms with Crippen LogP contribution < -0.4 is 0 Å². The second-order valence-corrected chi connectivity index (χ2v) is 10.2. The molecule has 0 atom stereocenters. The highest BCUT2D eigenvalue weighted by atomic mass is 16.3. The number of nitrogens with zero attached hydrogens (tertiary/aromatic N) is 1. The number of para-hydroxylation sites is 3. The zero-order valence-corrected chi connectivity index (χ0v) is 19.7. The fourth-order valence-corrected chi connectivity index (χ4v) is 6.38. The van der Waals surface area contributed by atoms with Gasteiger partial charge in [0.15, 0.2) is 0 Å². The molecule has 7 aromatic rings. The lowest BCUT2D eigenvalue weighted by atomic mass is 9.82. The Morgan fingerprint density at radius 1 is 0.571 bits per heavy atom. The highest BCUT2D eigenvalue weighted by molar-refractivity contribution is 6.19. The summed E-state index contributed by atoms with van der Waals surface area (Å²) < 4.78 is 9.05. The van der Waals surface area contributed by atoms with Crippen LogP contribution >= 0.6 is 0 Å². The SMILES string of the molecule is CC1(C)c2ccc3c(oc4ccccc43)c2-c2c1ccc1c3ccccc3n(-c3ccccc3)c21. The van der Waals surface area contributed by atoms with E-state index in [4.69, 9.17) is 4.42 Å². The minimum absolute atomic E-state index is 0.121. The molecular formula is C33H23NO. The Bertz CT molecular complexity index is 1970. The van der Waals surface area contributed by atoms with E-state index in [1.165, 1.54) is 60.5 Å². The van der Waals surface area contributed by atoms with E-state index < -0.39 is 0 Å². The number of furan rings is 1. The summed E-state index contributed by atoms with van der Waals surface area (Å²) in [5, 5.41) is 4.91. The van der Waals surface area contributed by atoms with Crippen molar-refractivity contribution in [2.75, 3.05) is 0 Å².